The molecule has 0 aromatic rings. The summed E-state index contributed by atoms with van der Waals surface area (Å²) in [4.78, 5) is 0. The minimum absolute atomic E-state index is 0.370. The molecule has 0 radical (unpaired) electrons. The maximum absolute atomic E-state index is 8.88. The molecule has 0 rings (SSSR count). The molecule has 0 aliphatic carbocycles. The number of ether oxygens (including phenoxy) is 1. The highest BCUT2D eigenvalue weighted by atomic mass is 16.5. The van der Waals surface area contributed by atoms with Crippen molar-refractivity contribution in [1.29, 1.82) is 5.26 Å². The Labute approximate surface area is 87.4 Å². The molecule has 1 N–H and O–H groups in total. The third-order valence-corrected chi connectivity index (χ3v) is 2.36. The second kappa shape index (κ2) is 7.78. The zero-order chi connectivity index (χ0) is 10.9. The van der Waals surface area contributed by atoms with Gasteiger partial charge in [-0.25, -0.2) is 0 Å². The van der Waals surface area contributed by atoms with Crippen LogP contribution in [0.2, 0.25) is 0 Å². The molecule has 0 bridgehead atoms. The molecule has 0 saturated heterocycles. The Morgan fingerprint density at radius 2 is 2.07 bits per heavy atom. The van der Waals surface area contributed by atoms with Crippen LogP contribution in [0.5, 0.6) is 0 Å². The monoisotopic (exact) mass is 198 g/mol. The summed E-state index contributed by atoms with van der Waals surface area (Å²) in [5.41, 5.74) is -0.370. The first-order valence-electron chi connectivity index (χ1n) is 5.36. The maximum Gasteiger partial charge on any atom is 0.103 e. The summed E-state index contributed by atoms with van der Waals surface area (Å²) >= 11 is 0. The van der Waals surface area contributed by atoms with E-state index >= 15 is 0 Å². The molecule has 0 aliphatic rings. The lowest BCUT2D eigenvalue weighted by molar-refractivity contribution is 0.129. The van der Waals surface area contributed by atoms with Gasteiger partial charge < -0.3 is 10.1 Å². The van der Waals surface area contributed by atoms with Crippen LogP contribution in [-0.2, 0) is 4.74 Å². The van der Waals surface area contributed by atoms with Crippen molar-refractivity contribution in [2.75, 3.05) is 20.3 Å². The van der Waals surface area contributed by atoms with Crippen LogP contribution in [0.1, 0.15) is 39.5 Å². The van der Waals surface area contributed by atoms with Crippen LogP contribution in [0.15, 0.2) is 0 Å². The van der Waals surface area contributed by atoms with Gasteiger partial charge in [-0.15, -0.1) is 0 Å². The molecule has 0 saturated carbocycles. The molecule has 0 aliphatic heterocycles. The SMILES string of the molecule is CCCOCCCCC(C)(C#N)NC. The van der Waals surface area contributed by atoms with E-state index in [-0.39, 0.29) is 5.54 Å². The van der Waals surface area contributed by atoms with Gasteiger partial charge in [-0.1, -0.05) is 6.92 Å². The maximum atomic E-state index is 8.88. The highest BCUT2D eigenvalue weighted by Gasteiger charge is 2.19. The van der Waals surface area contributed by atoms with Crippen LogP contribution in [0, 0.1) is 11.3 Å². The van der Waals surface area contributed by atoms with Crippen LogP contribution in [0.25, 0.3) is 0 Å². The topological polar surface area (TPSA) is 45.0 Å². The number of unbranched alkanes of at least 4 members (excludes halogenated alkanes) is 1. The van der Waals surface area contributed by atoms with E-state index < -0.39 is 0 Å². The summed E-state index contributed by atoms with van der Waals surface area (Å²) in [5, 5.41) is 11.9. The molecule has 1 atom stereocenters. The molecule has 0 aromatic carbocycles. The molecule has 0 spiro atoms. The van der Waals surface area contributed by atoms with Crippen LogP contribution >= 0.6 is 0 Å². The average molecular weight is 198 g/mol. The molecule has 0 amide bonds. The number of nitrogens with one attached hydrogen (secondary N) is 1. The van der Waals surface area contributed by atoms with Gasteiger partial charge in [-0.05, 0) is 39.7 Å². The summed E-state index contributed by atoms with van der Waals surface area (Å²) in [5.74, 6) is 0. The second-order valence-corrected chi connectivity index (χ2v) is 3.76. The van der Waals surface area contributed by atoms with Crippen molar-refractivity contribution in [3.63, 3.8) is 0 Å². The van der Waals surface area contributed by atoms with Crippen molar-refractivity contribution in [3.05, 3.63) is 0 Å². The molecular weight excluding hydrogens is 176 g/mol. The highest BCUT2D eigenvalue weighted by Crippen LogP contribution is 2.11. The van der Waals surface area contributed by atoms with E-state index in [9.17, 15) is 0 Å². The highest BCUT2D eigenvalue weighted by molar-refractivity contribution is 5.02. The molecule has 3 heteroatoms. The number of nitriles is 1. The minimum Gasteiger partial charge on any atom is -0.381 e. The summed E-state index contributed by atoms with van der Waals surface area (Å²) < 4.78 is 5.36. The summed E-state index contributed by atoms with van der Waals surface area (Å²) in [6, 6.07) is 2.28. The number of rotatable bonds is 8. The van der Waals surface area contributed by atoms with Crippen LogP contribution in [0.4, 0.5) is 0 Å². The summed E-state index contributed by atoms with van der Waals surface area (Å²) in [7, 11) is 1.83. The smallest absolute Gasteiger partial charge is 0.103 e. The van der Waals surface area contributed by atoms with Crippen LogP contribution in [0.3, 0.4) is 0 Å². The predicted octanol–water partition coefficient (Wildman–Crippen LogP) is 2.08. The van der Waals surface area contributed by atoms with Crippen molar-refractivity contribution in [2.45, 2.75) is 45.1 Å². The zero-order valence-corrected chi connectivity index (χ0v) is 9.60. The van der Waals surface area contributed by atoms with Crippen molar-refractivity contribution >= 4 is 0 Å². The van der Waals surface area contributed by atoms with E-state index in [1.807, 2.05) is 14.0 Å². The lowest BCUT2D eigenvalue weighted by atomic mass is 9.97. The van der Waals surface area contributed by atoms with E-state index in [1.165, 1.54) is 0 Å². The second-order valence-electron chi connectivity index (χ2n) is 3.76. The predicted molar refractivity (Wildman–Crippen MR) is 58.0 cm³/mol. The third kappa shape index (κ3) is 5.95. The average Bonchev–Trinajstić information content (AvgIpc) is 2.23. The molecule has 1 unspecified atom stereocenters. The standard InChI is InChI=1S/C11H22N2O/c1-4-8-14-9-6-5-7-11(2,10-12)13-3/h13H,4-9H2,1-3H3. The fraction of sp³-hybridized carbons (Fsp3) is 0.909. The van der Waals surface area contributed by atoms with E-state index in [0.29, 0.717) is 0 Å². The van der Waals surface area contributed by atoms with Crippen molar-refractivity contribution in [2.24, 2.45) is 0 Å². The first-order valence-corrected chi connectivity index (χ1v) is 5.36. The van der Waals surface area contributed by atoms with Crippen molar-refractivity contribution in [1.82, 2.24) is 5.32 Å². The molecule has 0 aromatic heterocycles. The first kappa shape index (κ1) is 13.4. The van der Waals surface area contributed by atoms with Gasteiger partial charge in [0.1, 0.15) is 5.54 Å². The van der Waals surface area contributed by atoms with Crippen molar-refractivity contribution < 1.29 is 4.74 Å². The van der Waals surface area contributed by atoms with Gasteiger partial charge in [0, 0.05) is 13.2 Å². The number of nitrogens with zero attached hydrogens (tertiary/aromatic N) is 1. The van der Waals surface area contributed by atoms with E-state index in [2.05, 4.69) is 18.3 Å². The molecule has 3 nitrogen and oxygen atoms in total. The molecule has 0 fully saturated rings. The summed E-state index contributed by atoms with van der Waals surface area (Å²) in [6.45, 7) is 5.70. The largest absolute Gasteiger partial charge is 0.381 e. The third-order valence-electron chi connectivity index (χ3n) is 2.36. The van der Waals surface area contributed by atoms with Gasteiger partial charge in [0.15, 0.2) is 0 Å². The fourth-order valence-corrected chi connectivity index (χ4v) is 1.17. The van der Waals surface area contributed by atoms with Gasteiger partial charge in [-0.2, -0.15) is 5.26 Å². The van der Waals surface area contributed by atoms with E-state index in [0.717, 1.165) is 38.9 Å². The van der Waals surface area contributed by atoms with E-state index in [1.54, 1.807) is 0 Å². The number of hydrogen-bond donors (Lipinski definition) is 1. The van der Waals surface area contributed by atoms with Gasteiger partial charge >= 0.3 is 0 Å². The minimum atomic E-state index is -0.370. The number of hydrogen-bond acceptors (Lipinski definition) is 3. The Morgan fingerprint density at radius 1 is 1.36 bits per heavy atom. The van der Waals surface area contributed by atoms with E-state index in [4.69, 9.17) is 10.00 Å². The molecule has 14 heavy (non-hydrogen) atoms. The Morgan fingerprint density at radius 3 is 2.57 bits per heavy atom. The van der Waals surface area contributed by atoms with Gasteiger partial charge in [0.05, 0.1) is 6.07 Å². The Balaban J connectivity index is 3.40. The lowest BCUT2D eigenvalue weighted by Crippen LogP contribution is -2.37. The quantitative estimate of drug-likeness (QED) is 0.607. The normalized spacial score (nSPS) is 14.7. The molecular formula is C11H22N2O. The fourth-order valence-electron chi connectivity index (χ4n) is 1.17. The molecule has 0 heterocycles. The lowest BCUT2D eigenvalue weighted by Gasteiger charge is -2.20. The summed E-state index contributed by atoms with van der Waals surface area (Å²) in [6.07, 6.45) is 4.04. The zero-order valence-electron chi connectivity index (χ0n) is 9.60. The van der Waals surface area contributed by atoms with Gasteiger partial charge in [0.25, 0.3) is 0 Å². The van der Waals surface area contributed by atoms with Crippen LogP contribution < -0.4 is 5.32 Å². The Bertz CT molecular complexity index is 177. The van der Waals surface area contributed by atoms with Crippen LogP contribution in [-0.4, -0.2) is 25.8 Å². The van der Waals surface area contributed by atoms with Crippen molar-refractivity contribution in [3.8, 4) is 6.07 Å². The first-order chi connectivity index (χ1) is 6.68. The Hall–Kier alpha value is -0.590. The van der Waals surface area contributed by atoms with Gasteiger partial charge in [0.2, 0.25) is 0 Å². The Kier molecular flexibility index (Phi) is 7.45. The van der Waals surface area contributed by atoms with Gasteiger partial charge in [-0.3, -0.25) is 0 Å². The molecule has 82 valence electrons.